The highest BCUT2D eigenvalue weighted by atomic mass is 35.5. The number of halogens is 4. The Bertz CT molecular complexity index is 1040. The zero-order valence-electron chi connectivity index (χ0n) is 19.1. The fourth-order valence-corrected chi connectivity index (χ4v) is 5.62. The first-order chi connectivity index (χ1) is 16.9. The van der Waals surface area contributed by atoms with Crippen LogP contribution < -0.4 is 15.4 Å². The summed E-state index contributed by atoms with van der Waals surface area (Å²) in [6.07, 6.45) is 4.60. The third-order valence-corrected chi connectivity index (χ3v) is 7.99. The highest BCUT2D eigenvalue weighted by molar-refractivity contribution is 6.31. The Labute approximate surface area is 212 Å². The van der Waals surface area contributed by atoms with Crippen molar-refractivity contribution in [2.24, 2.45) is 0 Å². The Hall–Kier alpha value is -2.01. The molecule has 2 N–H and O–H groups in total. The summed E-state index contributed by atoms with van der Waals surface area (Å²) in [6, 6.07) is 3.84. The predicted octanol–water partition coefficient (Wildman–Crippen LogP) is 3.73. The van der Waals surface area contributed by atoms with E-state index in [-0.39, 0.29) is 28.2 Å². The molecule has 0 radical (unpaired) electrons. The molecule has 4 atom stereocenters. The summed E-state index contributed by atoms with van der Waals surface area (Å²) in [5.74, 6) is 0.481. The lowest BCUT2D eigenvalue weighted by atomic mass is 10.0. The average molecular weight is 529 g/mol. The molecule has 35 heavy (non-hydrogen) atoms. The summed E-state index contributed by atoms with van der Waals surface area (Å²) < 4.78 is 35.8. The molecule has 4 heterocycles. The summed E-state index contributed by atoms with van der Waals surface area (Å²) in [5.41, 5.74) is 7.74. The second kappa shape index (κ2) is 10.5. The smallest absolute Gasteiger partial charge is 0.387 e. The molecule has 3 fully saturated rings. The number of aromatic nitrogens is 3. The van der Waals surface area contributed by atoms with Crippen LogP contribution >= 0.6 is 23.2 Å². The lowest BCUT2D eigenvalue weighted by molar-refractivity contribution is -0.0494. The molecule has 0 amide bonds. The van der Waals surface area contributed by atoms with Crippen molar-refractivity contribution in [3.05, 3.63) is 24.0 Å². The van der Waals surface area contributed by atoms with Gasteiger partial charge in [0.15, 0.2) is 11.6 Å². The molecule has 2 aromatic heterocycles. The first kappa shape index (κ1) is 24.7. The van der Waals surface area contributed by atoms with Crippen LogP contribution in [-0.4, -0.2) is 82.7 Å². The van der Waals surface area contributed by atoms with E-state index in [9.17, 15) is 8.78 Å². The van der Waals surface area contributed by atoms with Crippen molar-refractivity contribution < 1.29 is 18.3 Å². The van der Waals surface area contributed by atoms with Gasteiger partial charge in [-0.05, 0) is 31.4 Å². The van der Waals surface area contributed by atoms with E-state index >= 15 is 0 Å². The van der Waals surface area contributed by atoms with Gasteiger partial charge in [-0.25, -0.2) is 15.0 Å². The van der Waals surface area contributed by atoms with Crippen LogP contribution in [0.25, 0.3) is 11.3 Å². The third kappa shape index (κ3) is 5.55. The molecule has 3 aliphatic rings. The minimum atomic E-state index is -3.01. The Kier molecular flexibility index (Phi) is 7.43. The molecule has 2 saturated heterocycles. The van der Waals surface area contributed by atoms with Crippen LogP contribution in [-0.2, 0) is 4.74 Å². The fraction of sp³-hybridized carbons (Fsp3) is 0.609. The molecule has 1 aliphatic carbocycles. The number of pyridine rings is 1. The summed E-state index contributed by atoms with van der Waals surface area (Å²) in [4.78, 5) is 18.2. The van der Waals surface area contributed by atoms with Crippen LogP contribution in [0.3, 0.4) is 0 Å². The van der Waals surface area contributed by atoms with Gasteiger partial charge < -0.3 is 20.1 Å². The molecular weight excluding hydrogens is 501 g/mol. The van der Waals surface area contributed by atoms with E-state index < -0.39 is 6.61 Å². The quantitative estimate of drug-likeness (QED) is 0.567. The number of nitrogens with two attached hydrogens (primary N) is 1. The minimum Gasteiger partial charge on any atom is -0.431 e. The zero-order chi connectivity index (χ0) is 24.5. The molecule has 0 bridgehead atoms. The molecule has 0 aromatic carbocycles. The second-order valence-corrected chi connectivity index (χ2v) is 10.3. The van der Waals surface area contributed by atoms with Crippen molar-refractivity contribution in [2.45, 2.75) is 48.6 Å². The average Bonchev–Trinajstić information content (AvgIpc) is 3.48. The molecule has 8 nitrogen and oxygen atoms in total. The summed E-state index contributed by atoms with van der Waals surface area (Å²) in [6.45, 7) is 1.48. The van der Waals surface area contributed by atoms with Crippen LogP contribution in [0.5, 0.6) is 5.75 Å². The molecule has 2 aliphatic heterocycles. The zero-order valence-corrected chi connectivity index (χ0v) is 20.6. The van der Waals surface area contributed by atoms with Gasteiger partial charge in [0.1, 0.15) is 0 Å². The van der Waals surface area contributed by atoms with Crippen LogP contribution in [0, 0.1) is 0 Å². The van der Waals surface area contributed by atoms with E-state index in [1.54, 1.807) is 0 Å². The Balaban J connectivity index is 1.47. The topological polar surface area (TPSA) is 89.6 Å². The minimum absolute atomic E-state index is 0.109. The number of alkyl halides is 4. The number of morpholine rings is 1. The van der Waals surface area contributed by atoms with E-state index in [2.05, 4.69) is 14.6 Å². The van der Waals surface area contributed by atoms with Crippen molar-refractivity contribution in [1.29, 1.82) is 0 Å². The third-order valence-electron chi connectivity index (χ3n) is 6.98. The summed E-state index contributed by atoms with van der Waals surface area (Å²) >= 11 is 12.7. The largest absolute Gasteiger partial charge is 0.431 e. The Morgan fingerprint density at radius 1 is 1.09 bits per heavy atom. The monoisotopic (exact) mass is 528 g/mol. The van der Waals surface area contributed by atoms with Gasteiger partial charge in [-0.3, -0.25) is 4.90 Å². The predicted molar refractivity (Wildman–Crippen MR) is 131 cm³/mol. The maximum Gasteiger partial charge on any atom is 0.387 e. The molecule has 5 rings (SSSR count). The molecule has 190 valence electrons. The van der Waals surface area contributed by atoms with Crippen molar-refractivity contribution in [3.8, 4) is 17.0 Å². The van der Waals surface area contributed by atoms with Crippen molar-refractivity contribution in [2.75, 3.05) is 50.0 Å². The Morgan fingerprint density at radius 2 is 1.83 bits per heavy atom. The van der Waals surface area contributed by atoms with Crippen molar-refractivity contribution >= 4 is 35.0 Å². The van der Waals surface area contributed by atoms with Gasteiger partial charge in [-0.1, -0.05) is 0 Å². The highest BCUT2D eigenvalue weighted by Gasteiger charge is 2.34. The lowest BCUT2D eigenvalue weighted by Gasteiger charge is -2.32. The number of hydrogen-bond donors (Lipinski definition) is 1. The van der Waals surface area contributed by atoms with Crippen LogP contribution in [0.2, 0.25) is 0 Å². The van der Waals surface area contributed by atoms with Gasteiger partial charge in [-0.15, -0.1) is 23.2 Å². The van der Waals surface area contributed by atoms with Crippen LogP contribution in [0.1, 0.15) is 30.9 Å². The van der Waals surface area contributed by atoms with Crippen LogP contribution in [0.15, 0.2) is 18.3 Å². The lowest BCUT2D eigenvalue weighted by Crippen LogP contribution is -2.42. The first-order valence-electron chi connectivity index (χ1n) is 11.8. The maximum atomic E-state index is 12.9. The molecule has 2 aromatic rings. The molecule has 12 heteroatoms. The van der Waals surface area contributed by atoms with Crippen molar-refractivity contribution in [3.63, 3.8) is 0 Å². The van der Waals surface area contributed by atoms with E-state index in [1.165, 1.54) is 12.3 Å². The first-order valence-corrected chi connectivity index (χ1v) is 12.7. The van der Waals surface area contributed by atoms with E-state index in [1.807, 2.05) is 11.0 Å². The van der Waals surface area contributed by atoms with E-state index in [4.69, 9.17) is 43.6 Å². The Morgan fingerprint density at radius 3 is 2.54 bits per heavy atom. The van der Waals surface area contributed by atoms with Gasteiger partial charge in [0.25, 0.3) is 0 Å². The number of nitrogen functional groups attached to an aromatic ring is 1. The summed E-state index contributed by atoms with van der Waals surface area (Å²) in [7, 11) is 0. The van der Waals surface area contributed by atoms with E-state index in [0.29, 0.717) is 36.3 Å². The second-order valence-electron chi connectivity index (χ2n) is 9.21. The maximum absolute atomic E-state index is 12.9. The molecule has 0 spiro atoms. The van der Waals surface area contributed by atoms with Crippen molar-refractivity contribution in [1.82, 2.24) is 19.9 Å². The van der Waals surface area contributed by atoms with Gasteiger partial charge in [0.2, 0.25) is 5.95 Å². The number of ether oxygens (including phenoxy) is 2. The normalized spacial score (nSPS) is 27.6. The van der Waals surface area contributed by atoms with Gasteiger partial charge >= 0.3 is 6.61 Å². The van der Waals surface area contributed by atoms with Crippen LogP contribution in [0.4, 0.5) is 20.5 Å². The summed E-state index contributed by atoms with van der Waals surface area (Å²) in [5, 5.41) is -0.428. The van der Waals surface area contributed by atoms with E-state index in [0.717, 1.165) is 51.3 Å². The molecule has 4 unspecified atom stereocenters. The van der Waals surface area contributed by atoms with Gasteiger partial charge in [-0.2, -0.15) is 8.78 Å². The van der Waals surface area contributed by atoms with Gasteiger partial charge in [0, 0.05) is 55.6 Å². The molecular formula is C23H28Cl2F2N6O2. The number of rotatable bonds is 6. The fourth-order valence-electron chi connectivity index (χ4n) is 5.13. The number of nitrogens with zero attached hydrogens (tertiary/aromatic N) is 5. The highest BCUT2D eigenvalue weighted by Crippen LogP contribution is 2.39. The number of hydrogen-bond acceptors (Lipinski definition) is 8. The SMILES string of the molecule is Nc1ncc(-c2cc(C3CCC(N4CCOCC4)C3)nc(N3CC(Cl)C(Cl)C3)n2)cc1OC(F)F. The number of anilines is 2. The van der Waals surface area contributed by atoms with Gasteiger partial charge in [0.05, 0.1) is 29.7 Å². The standard InChI is InChI=1S/C23H28Cl2F2N6O2/c24-16-11-33(12-17(16)25)23-30-18(13-1-2-15(7-13)32-3-5-34-6-4-32)9-19(31-23)14-8-20(35-22(26)27)21(28)29-10-14/h8-10,13,15-17,22H,1-7,11-12H2,(H2,28,29). The molecule has 1 saturated carbocycles.